The second kappa shape index (κ2) is 3.01. The van der Waals surface area contributed by atoms with Crippen molar-refractivity contribution in [2.75, 3.05) is 6.26 Å². The van der Waals surface area contributed by atoms with Gasteiger partial charge in [-0.15, -0.1) is 0 Å². The van der Waals surface area contributed by atoms with Crippen molar-refractivity contribution in [3.8, 4) is 0 Å². The summed E-state index contributed by atoms with van der Waals surface area (Å²) in [5, 5.41) is 0. The summed E-state index contributed by atoms with van der Waals surface area (Å²) >= 11 is 0. The van der Waals surface area contributed by atoms with E-state index >= 15 is 0 Å². The van der Waals surface area contributed by atoms with Gasteiger partial charge in [0, 0.05) is 0 Å². The summed E-state index contributed by atoms with van der Waals surface area (Å²) in [5.41, 5.74) is 0. The number of hydrogen-bond acceptors (Lipinski definition) is 2. The van der Waals surface area contributed by atoms with Gasteiger partial charge < -0.3 is 0 Å². The molecule has 0 saturated carbocycles. The third kappa shape index (κ3) is 4.80. The third-order valence-electron chi connectivity index (χ3n) is 0.143. The molecule has 0 aromatic carbocycles. The molecule has 0 aromatic heterocycles. The van der Waals surface area contributed by atoms with E-state index < -0.39 is 8.81 Å². The van der Waals surface area contributed by atoms with Crippen LogP contribution in [0.5, 0.6) is 0 Å². The van der Waals surface area contributed by atoms with Gasteiger partial charge in [-0.3, -0.25) is 0 Å². The van der Waals surface area contributed by atoms with Crippen molar-refractivity contribution in [2.45, 2.75) is 0 Å². The van der Waals surface area contributed by atoms with E-state index in [9.17, 15) is 4.21 Å². The van der Waals surface area contributed by atoms with E-state index in [0.29, 0.717) is 0 Å². The molecular formula is CH3OPS2. The Morgan fingerprint density at radius 1 is 2.00 bits per heavy atom. The van der Waals surface area contributed by atoms with Gasteiger partial charge in [-0.05, 0) is 0 Å². The summed E-state index contributed by atoms with van der Waals surface area (Å²) in [4.78, 5) is 0. The van der Waals surface area contributed by atoms with Crippen molar-refractivity contribution in [2.24, 2.45) is 0 Å². The van der Waals surface area contributed by atoms with Crippen molar-refractivity contribution in [3.63, 3.8) is 0 Å². The molecule has 0 spiro atoms. The summed E-state index contributed by atoms with van der Waals surface area (Å²) in [7, 11) is 3.79. The third-order valence-corrected chi connectivity index (χ3v) is 2.62. The van der Waals surface area contributed by atoms with Crippen LogP contribution in [0.25, 0.3) is 0 Å². The van der Waals surface area contributed by atoms with Crippen molar-refractivity contribution in [1.82, 2.24) is 0 Å². The molecule has 0 bridgehead atoms. The van der Waals surface area contributed by atoms with E-state index in [0.717, 1.165) is 0 Å². The van der Waals surface area contributed by atoms with E-state index in [2.05, 4.69) is 7.81 Å². The van der Waals surface area contributed by atoms with Crippen molar-refractivity contribution in [3.05, 3.63) is 0 Å². The Morgan fingerprint density at radius 3 is 2.20 bits per heavy atom. The molecule has 0 fully saturated rings. The Bertz CT molecular complexity index is 111. The first-order chi connectivity index (χ1) is 2.27. The quantitative estimate of drug-likeness (QED) is 0.360. The summed E-state index contributed by atoms with van der Waals surface area (Å²) < 4.78 is 9.75. The molecule has 0 heterocycles. The van der Waals surface area contributed by atoms with Crippen LogP contribution in [-0.2, 0) is 8.81 Å². The Morgan fingerprint density at radius 2 is 2.20 bits per heavy atom. The normalized spacial score (nSPS) is 7.20. The molecule has 4 heteroatoms. The predicted octanol–water partition coefficient (Wildman–Crippen LogP) is 1.34. The van der Waals surface area contributed by atoms with Gasteiger partial charge in [-0.25, -0.2) is 0 Å². The van der Waals surface area contributed by atoms with Gasteiger partial charge in [-0.2, -0.15) is 0 Å². The Hall–Kier alpha value is 0.800. The molecule has 0 aliphatic heterocycles. The molecule has 0 amide bonds. The Kier molecular flexibility index (Phi) is 3.49. The number of hydrogen-bond donors (Lipinski definition) is 0. The first-order valence-electron chi connectivity index (χ1n) is 0.924. The average molecular weight is 126 g/mol. The zero-order valence-electron chi connectivity index (χ0n) is 2.67. The first-order valence-corrected chi connectivity index (χ1v) is 4.87. The monoisotopic (exact) mass is 126 g/mol. The minimum atomic E-state index is -0.961. The SMILES string of the molecule is CSS(=O)#P. The van der Waals surface area contributed by atoms with Crippen LogP contribution in [0.15, 0.2) is 0 Å². The topological polar surface area (TPSA) is 17.1 Å². The van der Waals surface area contributed by atoms with Crippen LogP contribution in [0.1, 0.15) is 0 Å². The van der Waals surface area contributed by atoms with Gasteiger partial charge in [-0.1, -0.05) is 0 Å². The maximum atomic E-state index is 9.75. The summed E-state index contributed by atoms with van der Waals surface area (Å²) in [6.45, 7) is 0. The molecule has 1 nitrogen and oxygen atoms in total. The van der Waals surface area contributed by atoms with Gasteiger partial charge in [0.05, 0.1) is 0 Å². The van der Waals surface area contributed by atoms with Crippen molar-refractivity contribution >= 4 is 27.4 Å². The molecule has 0 atom stereocenters. The molecule has 0 aliphatic carbocycles. The maximum absolute atomic E-state index is 9.75. The molecule has 0 aliphatic rings. The van der Waals surface area contributed by atoms with Crippen LogP contribution >= 0.6 is 18.6 Å². The van der Waals surface area contributed by atoms with Crippen molar-refractivity contribution in [1.29, 1.82) is 0 Å². The second-order valence-corrected chi connectivity index (χ2v) is 4.80. The molecule has 0 aromatic rings. The van der Waals surface area contributed by atoms with Gasteiger partial charge in [0.25, 0.3) is 0 Å². The van der Waals surface area contributed by atoms with E-state index in [4.69, 9.17) is 0 Å². The Balaban J connectivity index is 3.39. The average Bonchev–Trinajstić information content (AvgIpc) is 1.38. The molecular weight excluding hydrogens is 123 g/mol. The summed E-state index contributed by atoms with van der Waals surface area (Å²) in [6.07, 6.45) is 1.74. The summed E-state index contributed by atoms with van der Waals surface area (Å²) in [6, 6.07) is 0. The zero-order chi connectivity index (χ0) is 4.28. The minimum absolute atomic E-state index is 0.961. The fourth-order valence-electron chi connectivity index (χ4n) is 0. The van der Waals surface area contributed by atoms with Gasteiger partial charge >= 0.3 is 37.9 Å². The van der Waals surface area contributed by atoms with Crippen LogP contribution < -0.4 is 0 Å². The predicted molar refractivity (Wildman–Crippen MR) is 28.6 cm³/mol. The van der Waals surface area contributed by atoms with Crippen LogP contribution in [-0.4, -0.2) is 10.5 Å². The molecule has 0 N–H and O–H groups in total. The Labute approximate surface area is 38.4 Å². The first kappa shape index (κ1) is 5.80. The molecule has 0 rings (SSSR count). The molecule has 0 unspecified atom stereocenters. The van der Waals surface area contributed by atoms with Gasteiger partial charge in [0.1, 0.15) is 0 Å². The molecule has 0 saturated heterocycles. The van der Waals surface area contributed by atoms with Crippen LogP contribution in [0.2, 0.25) is 0 Å². The zero-order valence-corrected chi connectivity index (χ0v) is 5.20. The van der Waals surface area contributed by atoms with E-state index in [1.54, 1.807) is 6.26 Å². The van der Waals surface area contributed by atoms with Crippen LogP contribution in [0.3, 0.4) is 0 Å². The van der Waals surface area contributed by atoms with Gasteiger partial charge in [0.2, 0.25) is 0 Å². The molecule has 5 heavy (non-hydrogen) atoms. The number of rotatable bonds is 0. The fraction of sp³-hybridized carbons (Fsp3) is 1.00. The van der Waals surface area contributed by atoms with Crippen molar-refractivity contribution < 1.29 is 4.21 Å². The molecule has 0 radical (unpaired) electrons. The molecule has 30 valence electrons. The van der Waals surface area contributed by atoms with Crippen LogP contribution in [0.4, 0.5) is 0 Å². The standard InChI is InChI=1S/CH3OPS2/c1-4-5(2)3/h1H3. The van der Waals surface area contributed by atoms with E-state index in [-0.39, 0.29) is 0 Å². The van der Waals surface area contributed by atoms with Gasteiger partial charge in [0.15, 0.2) is 0 Å². The van der Waals surface area contributed by atoms with E-state index in [1.807, 2.05) is 0 Å². The van der Waals surface area contributed by atoms with Crippen LogP contribution in [0, 0.1) is 0 Å². The summed E-state index contributed by atoms with van der Waals surface area (Å²) in [5.74, 6) is 0. The fourth-order valence-corrected chi connectivity index (χ4v) is 0. The van der Waals surface area contributed by atoms with E-state index in [1.165, 1.54) is 10.8 Å². The second-order valence-electron chi connectivity index (χ2n) is 0.384.